The molecule has 0 spiro atoms. The van der Waals surface area contributed by atoms with E-state index < -0.39 is 24.5 Å². The van der Waals surface area contributed by atoms with Gasteiger partial charge in [-0.1, -0.05) is 6.42 Å². The van der Waals surface area contributed by atoms with E-state index in [1.807, 2.05) is 0 Å². The second kappa shape index (κ2) is 5.71. The summed E-state index contributed by atoms with van der Waals surface area (Å²) in [5.41, 5.74) is 5.11. The van der Waals surface area contributed by atoms with E-state index in [1.165, 1.54) is 0 Å². The van der Waals surface area contributed by atoms with Crippen molar-refractivity contribution in [1.82, 2.24) is 4.90 Å². The second-order valence-corrected chi connectivity index (χ2v) is 5.98. The lowest BCUT2D eigenvalue weighted by atomic mass is 9.80. The van der Waals surface area contributed by atoms with Gasteiger partial charge in [-0.05, 0) is 31.5 Å². The Hall–Kier alpha value is -1.12. The SMILES string of the molecule is NC1(C(=O)N2C[C@H](CCCB(O)O)[C@H](C(=O)O)C2)CC1. The van der Waals surface area contributed by atoms with Crippen LogP contribution in [-0.2, 0) is 9.59 Å². The summed E-state index contributed by atoms with van der Waals surface area (Å²) in [4.78, 5) is 25.0. The number of nitrogens with two attached hydrogens (primary N) is 1. The highest BCUT2D eigenvalue weighted by molar-refractivity contribution is 6.40. The van der Waals surface area contributed by atoms with E-state index in [-0.39, 0.29) is 24.7 Å². The molecule has 0 radical (unpaired) electrons. The van der Waals surface area contributed by atoms with Crippen molar-refractivity contribution in [2.24, 2.45) is 17.6 Å². The molecule has 1 saturated carbocycles. The molecule has 1 heterocycles. The number of nitrogens with zero attached hydrogens (tertiary/aromatic N) is 1. The topological polar surface area (TPSA) is 124 Å². The summed E-state index contributed by atoms with van der Waals surface area (Å²) in [6, 6.07) is 0. The molecule has 0 aromatic carbocycles. The Morgan fingerprint density at radius 3 is 2.45 bits per heavy atom. The van der Waals surface area contributed by atoms with Crippen LogP contribution in [0.15, 0.2) is 0 Å². The fourth-order valence-corrected chi connectivity index (χ4v) is 2.84. The van der Waals surface area contributed by atoms with Gasteiger partial charge in [-0.2, -0.15) is 0 Å². The van der Waals surface area contributed by atoms with Gasteiger partial charge >= 0.3 is 13.1 Å². The third-order valence-corrected chi connectivity index (χ3v) is 4.30. The molecule has 1 amide bonds. The number of carbonyl (C=O) groups is 2. The zero-order chi connectivity index (χ0) is 14.9. The van der Waals surface area contributed by atoms with Crippen molar-refractivity contribution in [3.05, 3.63) is 0 Å². The van der Waals surface area contributed by atoms with Gasteiger partial charge in [0.25, 0.3) is 0 Å². The van der Waals surface area contributed by atoms with Crippen LogP contribution in [0, 0.1) is 11.8 Å². The molecule has 2 atom stereocenters. The highest BCUT2D eigenvalue weighted by atomic mass is 16.4. The van der Waals surface area contributed by atoms with E-state index in [9.17, 15) is 14.7 Å². The molecule has 1 aliphatic heterocycles. The summed E-state index contributed by atoms with van der Waals surface area (Å²) in [6.07, 6.45) is 2.65. The molecule has 5 N–H and O–H groups in total. The summed E-state index contributed by atoms with van der Waals surface area (Å²) in [5, 5.41) is 26.9. The first-order chi connectivity index (χ1) is 9.33. The Balaban J connectivity index is 1.92. The molecule has 112 valence electrons. The Labute approximate surface area is 117 Å². The van der Waals surface area contributed by atoms with Crippen LogP contribution in [0.1, 0.15) is 25.7 Å². The van der Waals surface area contributed by atoms with Crippen LogP contribution >= 0.6 is 0 Å². The van der Waals surface area contributed by atoms with Gasteiger partial charge in [-0.15, -0.1) is 0 Å². The van der Waals surface area contributed by atoms with Gasteiger partial charge in [0.2, 0.25) is 5.91 Å². The van der Waals surface area contributed by atoms with Gasteiger partial charge in [0, 0.05) is 13.1 Å². The first-order valence-corrected chi connectivity index (χ1v) is 7.01. The highest BCUT2D eigenvalue weighted by Gasteiger charge is 2.51. The molecule has 7 nitrogen and oxygen atoms in total. The van der Waals surface area contributed by atoms with Gasteiger partial charge in [0.1, 0.15) is 0 Å². The first-order valence-electron chi connectivity index (χ1n) is 7.01. The average Bonchev–Trinajstić information content (AvgIpc) is 2.97. The molecule has 8 heteroatoms. The van der Waals surface area contributed by atoms with Crippen molar-refractivity contribution < 1.29 is 24.7 Å². The number of amides is 1. The quantitative estimate of drug-likeness (QED) is 0.458. The zero-order valence-corrected chi connectivity index (χ0v) is 11.4. The molecular weight excluding hydrogens is 263 g/mol. The van der Waals surface area contributed by atoms with E-state index in [1.54, 1.807) is 4.90 Å². The van der Waals surface area contributed by atoms with Gasteiger partial charge < -0.3 is 25.8 Å². The summed E-state index contributed by atoms with van der Waals surface area (Å²) >= 11 is 0. The van der Waals surface area contributed by atoms with Crippen molar-refractivity contribution in [3.63, 3.8) is 0 Å². The molecule has 0 aromatic heterocycles. The number of aliphatic carboxylic acids is 1. The van der Waals surface area contributed by atoms with Crippen LogP contribution in [0.4, 0.5) is 0 Å². The molecule has 0 bridgehead atoms. The Kier molecular flexibility index (Phi) is 4.36. The van der Waals surface area contributed by atoms with Crippen LogP contribution < -0.4 is 5.73 Å². The van der Waals surface area contributed by atoms with Crippen LogP contribution in [0.2, 0.25) is 6.32 Å². The third-order valence-electron chi connectivity index (χ3n) is 4.30. The van der Waals surface area contributed by atoms with Crippen LogP contribution in [-0.4, -0.2) is 57.7 Å². The molecule has 2 aliphatic rings. The number of carbonyl (C=O) groups excluding carboxylic acids is 1. The minimum Gasteiger partial charge on any atom is -0.481 e. The normalized spacial score (nSPS) is 27.4. The average molecular weight is 284 g/mol. The lowest BCUT2D eigenvalue weighted by molar-refractivity contribution is -0.142. The van der Waals surface area contributed by atoms with E-state index >= 15 is 0 Å². The van der Waals surface area contributed by atoms with E-state index in [4.69, 9.17) is 15.8 Å². The monoisotopic (exact) mass is 284 g/mol. The number of carboxylic acid groups (broad SMARTS) is 1. The summed E-state index contributed by atoms with van der Waals surface area (Å²) in [5.74, 6) is -1.78. The molecule has 20 heavy (non-hydrogen) atoms. The van der Waals surface area contributed by atoms with Crippen LogP contribution in [0.3, 0.4) is 0 Å². The lowest BCUT2D eigenvalue weighted by Gasteiger charge is -2.20. The van der Waals surface area contributed by atoms with Gasteiger partial charge in [0.05, 0.1) is 11.5 Å². The maximum Gasteiger partial charge on any atom is 0.451 e. The lowest BCUT2D eigenvalue weighted by Crippen LogP contribution is -2.45. The predicted molar refractivity (Wildman–Crippen MR) is 71.6 cm³/mol. The van der Waals surface area contributed by atoms with Crippen molar-refractivity contribution in [1.29, 1.82) is 0 Å². The summed E-state index contributed by atoms with van der Waals surface area (Å²) in [7, 11) is -1.36. The van der Waals surface area contributed by atoms with Crippen molar-refractivity contribution in [3.8, 4) is 0 Å². The molecule has 0 aromatic rings. The Morgan fingerprint density at radius 1 is 1.30 bits per heavy atom. The van der Waals surface area contributed by atoms with Crippen molar-refractivity contribution in [2.75, 3.05) is 13.1 Å². The van der Waals surface area contributed by atoms with E-state index in [0.29, 0.717) is 32.2 Å². The van der Waals surface area contributed by atoms with Crippen LogP contribution in [0.25, 0.3) is 0 Å². The van der Waals surface area contributed by atoms with E-state index in [0.717, 1.165) is 0 Å². The fourth-order valence-electron chi connectivity index (χ4n) is 2.84. The highest BCUT2D eigenvalue weighted by Crippen LogP contribution is 2.37. The van der Waals surface area contributed by atoms with E-state index in [2.05, 4.69) is 0 Å². The summed E-state index contributed by atoms with van der Waals surface area (Å²) < 4.78 is 0. The smallest absolute Gasteiger partial charge is 0.451 e. The number of hydrogen-bond donors (Lipinski definition) is 4. The maximum absolute atomic E-state index is 12.2. The number of rotatable bonds is 6. The van der Waals surface area contributed by atoms with Crippen molar-refractivity contribution in [2.45, 2.75) is 37.5 Å². The molecule has 2 fully saturated rings. The Morgan fingerprint density at radius 2 is 1.95 bits per heavy atom. The first kappa shape index (κ1) is 15.3. The maximum atomic E-state index is 12.2. The minimum atomic E-state index is -1.36. The molecule has 2 rings (SSSR count). The number of likely N-dealkylation sites (tertiary alicyclic amines) is 1. The molecule has 1 aliphatic carbocycles. The van der Waals surface area contributed by atoms with Crippen LogP contribution in [0.5, 0.6) is 0 Å². The standard InChI is InChI=1S/C12H21BN2O5/c14-12(3-4-12)11(18)15-6-8(2-1-5-13(19)20)9(7-15)10(16)17/h8-9,19-20H,1-7,14H2,(H,16,17)/t8-,9+/m0/s1. The van der Waals surface area contributed by atoms with Gasteiger partial charge in [-0.25, -0.2) is 0 Å². The molecular formula is C12H21BN2O5. The number of hydrogen-bond acceptors (Lipinski definition) is 5. The third kappa shape index (κ3) is 3.31. The second-order valence-electron chi connectivity index (χ2n) is 5.98. The van der Waals surface area contributed by atoms with Gasteiger partial charge in [-0.3, -0.25) is 9.59 Å². The molecule has 0 unspecified atom stereocenters. The van der Waals surface area contributed by atoms with Crippen molar-refractivity contribution >= 4 is 19.0 Å². The van der Waals surface area contributed by atoms with Gasteiger partial charge in [0.15, 0.2) is 0 Å². The summed E-state index contributed by atoms with van der Waals surface area (Å²) in [6.45, 7) is 0.607. The number of carboxylic acids is 1. The predicted octanol–water partition coefficient (Wildman–Crippen LogP) is -1.11. The zero-order valence-electron chi connectivity index (χ0n) is 11.4. The Bertz CT molecular complexity index is 399. The molecule has 1 saturated heterocycles. The minimum absolute atomic E-state index is 0.141. The largest absolute Gasteiger partial charge is 0.481 e. The fraction of sp³-hybridized carbons (Fsp3) is 0.833.